The lowest BCUT2D eigenvalue weighted by atomic mass is 10.1. The zero-order valence-corrected chi connectivity index (χ0v) is 21.9. The van der Waals surface area contributed by atoms with Crippen molar-refractivity contribution in [2.75, 3.05) is 13.1 Å². The van der Waals surface area contributed by atoms with Crippen molar-refractivity contribution in [2.45, 2.75) is 42.1 Å². The van der Waals surface area contributed by atoms with Crippen LogP contribution in [0.2, 0.25) is 5.02 Å². The van der Waals surface area contributed by atoms with E-state index in [0.29, 0.717) is 31.0 Å². The fourth-order valence-corrected chi connectivity index (χ4v) is 4.94. The zero-order chi connectivity index (χ0) is 26.8. The van der Waals surface area contributed by atoms with E-state index in [2.05, 4.69) is 15.6 Å². The van der Waals surface area contributed by atoms with Gasteiger partial charge in [-0.1, -0.05) is 42.8 Å². The van der Waals surface area contributed by atoms with E-state index in [4.69, 9.17) is 11.6 Å². The smallest absolute Gasteiger partial charge is 0.332 e. The van der Waals surface area contributed by atoms with E-state index in [1.807, 2.05) is 13.0 Å². The van der Waals surface area contributed by atoms with Gasteiger partial charge in [0.25, 0.3) is 5.91 Å². The summed E-state index contributed by atoms with van der Waals surface area (Å²) < 4.78 is 26.0. The molecule has 0 spiro atoms. The zero-order valence-electron chi connectivity index (χ0n) is 20.3. The number of hydroxylamine groups is 1. The van der Waals surface area contributed by atoms with E-state index in [-0.39, 0.29) is 21.8 Å². The molecule has 3 N–H and O–H groups in total. The summed E-state index contributed by atoms with van der Waals surface area (Å²) in [6.45, 7) is 2.77. The molecule has 0 unspecified atom stereocenters. The molecule has 0 saturated heterocycles. The summed E-state index contributed by atoms with van der Waals surface area (Å²) in [6, 6.07) is 19.0. The predicted molar refractivity (Wildman–Crippen MR) is 140 cm³/mol. The highest BCUT2D eigenvalue weighted by atomic mass is 35.5. The first-order valence-corrected chi connectivity index (χ1v) is 13.6. The largest absolute Gasteiger partial charge is 0.387 e. The number of nitrogens with one attached hydrogen (secondary N) is 2. The van der Waals surface area contributed by atoms with Crippen molar-refractivity contribution in [1.29, 1.82) is 0 Å². The molecular weight excluding hydrogens is 516 g/mol. The number of sulfone groups is 1. The Labute approximate surface area is 221 Å². The lowest BCUT2D eigenvalue weighted by Crippen LogP contribution is -2.26. The second kappa shape index (κ2) is 13.3. The Morgan fingerprint density at radius 1 is 1.00 bits per heavy atom. The average molecular weight is 545 g/mol. The van der Waals surface area contributed by atoms with Crippen LogP contribution in [0.1, 0.15) is 47.4 Å². The minimum Gasteiger partial charge on any atom is -0.387 e. The molecule has 0 fully saturated rings. The van der Waals surface area contributed by atoms with Crippen LogP contribution in [-0.4, -0.2) is 38.5 Å². The van der Waals surface area contributed by atoms with Gasteiger partial charge in [-0.3, -0.25) is 4.79 Å². The number of carbonyl (C=O) groups is 2. The molecule has 0 radical (unpaired) electrons. The molecule has 0 aliphatic carbocycles. The predicted octanol–water partition coefficient (Wildman–Crippen LogP) is 4.03. The molecule has 10 heteroatoms. The van der Waals surface area contributed by atoms with E-state index in [9.17, 15) is 23.1 Å². The molecule has 3 aromatic carbocycles. The van der Waals surface area contributed by atoms with Crippen molar-refractivity contribution in [1.82, 2.24) is 10.8 Å². The maximum atomic E-state index is 13.0. The molecule has 0 aliphatic rings. The number of amides is 1. The van der Waals surface area contributed by atoms with Gasteiger partial charge in [-0.2, -0.15) is 5.48 Å². The second-order valence-corrected chi connectivity index (χ2v) is 10.7. The molecule has 0 heterocycles. The van der Waals surface area contributed by atoms with Gasteiger partial charge in [0.15, 0.2) is 0 Å². The van der Waals surface area contributed by atoms with E-state index >= 15 is 0 Å². The lowest BCUT2D eigenvalue weighted by molar-refractivity contribution is -0.149. The molecule has 0 aromatic heterocycles. The van der Waals surface area contributed by atoms with Crippen LogP contribution in [0.5, 0.6) is 0 Å². The molecule has 0 aliphatic heterocycles. The normalized spacial score (nSPS) is 12.1. The number of aliphatic hydroxyl groups is 1. The Kier molecular flexibility index (Phi) is 10.2. The van der Waals surface area contributed by atoms with Crippen LogP contribution in [0.4, 0.5) is 0 Å². The highest BCUT2D eigenvalue weighted by Gasteiger charge is 2.18. The molecule has 0 bridgehead atoms. The monoisotopic (exact) mass is 544 g/mol. The number of hydrogen-bond acceptors (Lipinski definition) is 7. The summed E-state index contributed by atoms with van der Waals surface area (Å²) in [4.78, 5) is 28.3. The quantitative estimate of drug-likeness (QED) is 0.246. The van der Waals surface area contributed by atoms with Crippen molar-refractivity contribution < 1.29 is 28.0 Å². The molecule has 3 aromatic rings. The Hall–Kier alpha value is -3.24. The van der Waals surface area contributed by atoms with Crippen LogP contribution in [0.15, 0.2) is 82.6 Å². The van der Waals surface area contributed by atoms with Crippen LogP contribution >= 0.6 is 11.6 Å². The number of benzene rings is 3. The third kappa shape index (κ3) is 8.13. The topological polar surface area (TPSA) is 122 Å². The van der Waals surface area contributed by atoms with Gasteiger partial charge in [0, 0.05) is 23.6 Å². The average Bonchev–Trinajstić information content (AvgIpc) is 2.90. The molecule has 1 atom stereocenters. The van der Waals surface area contributed by atoms with Crippen molar-refractivity contribution >= 4 is 33.3 Å². The lowest BCUT2D eigenvalue weighted by Gasteiger charge is -2.13. The summed E-state index contributed by atoms with van der Waals surface area (Å²) >= 11 is 5.96. The Balaban J connectivity index is 1.52. The SMILES string of the molecule is CCCC(=O)ONC(=O)c1ccc(S(=O)(=O)c2ccc(CCNC[C@H](O)c3cccc(Cl)c3)cc2)cc1. The van der Waals surface area contributed by atoms with Crippen molar-refractivity contribution in [3.05, 3.63) is 94.5 Å². The van der Waals surface area contributed by atoms with Crippen LogP contribution in [0.25, 0.3) is 0 Å². The van der Waals surface area contributed by atoms with Gasteiger partial charge in [0.2, 0.25) is 9.84 Å². The highest BCUT2D eigenvalue weighted by molar-refractivity contribution is 7.91. The first-order valence-electron chi connectivity index (χ1n) is 11.8. The van der Waals surface area contributed by atoms with E-state index in [1.165, 1.54) is 24.3 Å². The summed E-state index contributed by atoms with van der Waals surface area (Å²) in [6.07, 6.45) is 0.739. The number of carbonyl (C=O) groups excluding carboxylic acids is 2. The van der Waals surface area contributed by atoms with Gasteiger partial charge in [0.05, 0.1) is 15.9 Å². The Morgan fingerprint density at radius 3 is 2.27 bits per heavy atom. The highest BCUT2D eigenvalue weighted by Crippen LogP contribution is 2.22. The molecule has 8 nitrogen and oxygen atoms in total. The summed E-state index contributed by atoms with van der Waals surface area (Å²) in [5.74, 6) is -1.20. The molecule has 196 valence electrons. The molecule has 0 saturated carbocycles. The molecule has 37 heavy (non-hydrogen) atoms. The second-order valence-electron chi connectivity index (χ2n) is 8.35. The van der Waals surface area contributed by atoms with E-state index < -0.39 is 27.8 Å². The van der Waals surface area contributed by atoms with Crippen LogP contribution in [0, 0.1) is 0 Å². The van der Waals surface area contributed by atoms with E-state index in [0.717, 1.165) is 11.1 Å². The van der Waals surface area contributed by atoms with Crippen LogP contribution < -0.4 is 10.8 Å². The molecule has 3 rings (SSSR count). The first-order chi connectivity index (χ1) is 17.7. The number of halogens is 1. The van der Waals surface area contributed by atoms with Crippen molar-refractivity contribution in [2.24, 2.45) is 0 Å². The standard InChI is InChI=1S/C27H29ClN2O6S/c1-2-4-26(32)36-30-27(33)20-9-13-24(14-10-20)37(34,35)23-11-7-19(8-12-23)15-16-29-18-25(31)21-5-3-6-22(28)17-21/h3,5-14,17,25,29,31H,2,4,15-16,18H2,1H3,(H,30,33)/t25-/m0/s1. The number of rotatable bonds is 11. The maximum Gasteiger partial charge on any atom is 0.332 e. The third-order valence-corrected chi connectivity index (χ3v) is 7.55. The number of aliphatic hydroxyl groups excluding tert-OH is 1. The minimum atomic E-state index is -3.78. The van der Waals surface area contributed by atoms with Crippen LogP contribution in [-0.2, 0) is 25.9 Å². The summed E-state index contributed by atoms with van der Waals surface area (Å²) in [7, 11) is -3.78. The third-order valence-electron chi connectivity index (χ3n) is 5.53. The van der Waals surface area contributed by atoms with Gasteiger partial charge in [0.1, 0.15) is 0 Å². The van der Waals surface area contributed by atoms with Gasteiger partial charge in [-0.15, -0.1) is 0 Å². The van der Waals surface area contributed by atoms with Gasteiger partial charge >= 0.3 is 5.97 Å². The number of hydrogen-bond donors (Lipinski definition) is 3. The Bertz CT molecular complexity index is 1310. The molecule has 1 amide bonds. The van der Waals surface area contributed by atoms with Crippen LogP contribution in [0.3, 0.4) is 0 Å². The fourth-order valence-electron chi connectivity index (χ4n) is 3.48. The minimum absolute atomic E-state index is 0.0384. The Morgan fingerprint density at radius 2 is 1.65 bits per heavy atom. The molecular formula is C27H29ClN2O6S. The summed E-state index contributed by atoms with van der Waals surface area (Å²) in [5.41, 5.74) is 3.89. The van der Waals surface area contributed by atoms with Gasteiger partial charge in [-0.05, 0) is 79.0 Å². The van der Waals surface area contributed by atoms with Crippen molar-refractivity contribution in [3.63, 3.8) is 0 Å². The fraction of sp³-hybridized carbons (Fsp3) is 0.259. The maximum absolute atomic E-state index is 13.0. The van der Waals surface area contributed by atoms with Gasteiger partial charge < -0.3 is 15.3 Å². The first kappa shape index (κ1) is 28.3. The van der Waals surface area contributed by atoms with E-state index in [1.54, 1.807) is 42.5 Å². The summed E-state index contributed by atoms with van der Waals surface area (Å²) in [5, 5.41) is 14.0. The van der Waals surface area contributed by atoms with Gasteiger partial charge in [-0.25, -0.2) is 13.2 Å². The van der Waals surface area contributed by atoms with Crippen molar-refractivity contribution in [3.8, 4) is 0 Å².